The van der Waals surface area contributed by atoms with Crippen LogP contribution in [0.4, 0.5) is 0 Å². The quantitative estimate of drug-likeness (QED) is 0.923. The van der Waals surface area contributed by atoms with Crippen LogP contribution in [0.2, 0.25) is 0 Å². The fourth-order valence-electron chi connectivity index (χ4n) is 2.97. The lowest BCUT2D eigenvalue weighted by Gasteiger charge is -2.45. The van der Waals surface area contributed by atoms with E-state index in [1.165, 1.54) is 43.4 Å². The Morgan fingerprint density at radius 1 is 1.35 bits per heavy atom. The maximum Gasteiger partial charge on any atom is 0.0285 e. The zero-order valence-corrected chi connectivity index (χ0v) is 12.4. The van der Waals surface area contributed by atoms with Crippen molar-refractivity contribution in [3.8, 4) is 0 Å². The Morgan fingerprint density at radius 2 is 2.12 bits per heavy atom. The van der Waals surface area contributed by atoms with Crippen molar-refractivity contribution in [3.63, 3.8) is 0 Å². The largest absolute Gasteiger partial charge is 0.314 e. The van der Waals surface area contributed by atoms with Crippen LogP contribution in [0.3, 0.4) is 0 Å². The first-order chi connectivity index (χ1) is 8.28. The Morgan fingerprint density at radius 3 is 2.65 bits per heavy atom. The third-order valence-corrected chi connectivity index (χ3v) is 6.07. The molecule has 1 saturated heterocycles. The molecule has 1 saturated carbocycles. The third-order valence-electron chi connectivity index (χ3n) is 4.14. The van der Waals surface area contributed by atoms with Gasteiger partial charge in [-0.05, 0) is 34.8 Å². The first-order valence-electron chi connectivity index (χ1n) is 6.46. The highest BCUT2D eigenvalue weighted by molar-refractivity contribution is 9.10. The fraction of sp³-hybridized carbons (Fsp3) is 0.692. The molecule has 0 unspecified atom stereocenters. The number of hydrogen-bond acceptors (Lipinski definition) is 3. The van der Waals surface area contributed by atoms with E-state index in [2.05, 4.69) is 37.6 Å². The summed E-state index contributed by atoms with van der Waals surface area (Å²) in [4.78, 5) is 4.23. The van der Waals surface area contributed by atoms with E-state index in [0.717, 1.165) is 13.1 Å². The number of nitrogens with one attached hydrogen (secondary N) is 1. The molecule has 2 fully saturated rings. The normalized spacial score (nSPS) is 24.5. The van der Waals surface area contributed by atoms with Crippen molar-refractivity contribution in [3.05, 3.63) is 20.8 Å². The maximum absolute atomic E-state index is 3.59. The molecule has 17 heavy (non-hydrogen) atoms. The lowest BCUT2D eigenvalue weighted by atomic mass is 9.67. The zero-order valence-electron chi connectivity index (χ0n) is 10.0. The number of piperazine rings is 1. The highest BCUT2D eigenvalue weighted by Crippen LogP contribution is 2.47. The van der Waals surface area contributed by atoms with Gasteiger partial charge in [-0.25, -0.2) is 0 Å². The summed E-state index contributed by atoms with van der Waals surface area (Å²) >= 11 is 5.52. The number of hydrogen-bond donors (Lipinski definition) is 1. The number of thiophene rings is 1. The van der Waals surface area contributed by atoms with Gasteiger partial charge >= 0.3 is 0 Å². The Kier molecular flexibility index (Phi) is 3.57. The van der Waals surface area contributed by atoms with Crippen molar-refractivity contribution >= 4 is 27.3 Å². The summed E-state index contributed by atoms with van der Waals surface area (Å²) in [6.45, 7) is 6.01. The summed E-state index contributed by atoms with van der Waals surface area (Å²) in [5.41, 5.74) is 0.480. The molecule has 2 nitrogen and oxygen atoms in total. The summed E-state index contributed by atoms with van der Waals surface area (Å²) in [5.74, 6) is 0. The van der Waals surface area contributed by atoms with Gasteiger partial charge < -0.3 is 5.32 Å². The molecule has 3 rings (SSSR count). The highest BCUT2D eigenvalue weighted by atomic mass is 79.9. The van der Waals surface area contributed by atoms with Crippen molar-refractivity contribution in [1.29, 1.82) is 0 Å². The Labute approximate surface area is 116 Å². The summed E-state index contributed by atoms with van der Waals surface area (Å²) in [6, 6.07) is 2.34. The molecule has 0 amide bonds. The van der Waals surface area contributed by atoms with Crippen molar-refractivity contribution in [2.75, 3.05) is 32.7 Å². The van der Waals surface area contributed by atoms with Crippen molar-refractivity contribution in [1.82, 2.24) is 10.2 Å². The van der Waals surface area contributed by atoms with Gasteiger partial charge in [0.2, 0.25) is 0 Å². The second-order valence-electron chi connectivity index (χ2n) is 5.29. The minimum atomic E-state index is 0.480. The standard InChI is InChI=1S/C13H19BrN2S/c14-11-8-12(17-9-11)13(2-1-3-13)10-16-6-4-15-5-7-16/h8-9,15H,1-7,10H2. The molecule has 0 spiro atoms. The average Bonchev–Trinajstić information content (AvgIpc) is 2.72. The third kappa shape index (κ3) is 2.46. The van der Waals surface area contributed by atoms with Gasteiger partial charge in [0.25, 0.3) is 0 Å². The van der Waals surface area contributed by atoms with E-state index < -0.39 is 0 Å². The Bertz CT molecular complexity index is 381. The summed E-state index contributed by atoms with van der Waals surface area (Å²) in [6.07, 6.45) is 4.16. The Balaban J connectivity index is 1.73. The smallest absolute Gasteiger partial charge is 0.0285 e. The van der Waals surface area contributed by atoms with Crippen LogP contribution in [0, 0.1) is 0 Å². The van der Waals surface area contributed by atoms with Crippen LogP contribution in [-0.4, -0.2) is 37.6 Å². The van der Waals surface area contributed by atoms with Crippen molar-refractivity contribution in [2.45, 2.75) is 24.7 Å². The lowest BCUT2D eigenvalue weighted by Crippen LogP contribution is -2.51. The number of rotatable bonds is 3. The van der Waals surface area contributed by atoms with Gasteiger partial charge in [-0.3, -0.25) is 4.90 Å². The van der Waals surface area contributed by atoms with Crippen molar-refractivity contribution < 1.29 is 0 Å². The molecule has 1 aliphatic carbocycles. The van der Waals surface area contributed by atoms with Crippen LogP contribution >= 0.6 is 27.3 Å². The lowest BCUT2D eigenvalue weighted by molar-refractivity contribution is 0.131. The summed E-state index contributed by atoms with van der Waals surface area (Å²) < 4.78 is 1.25. The molecule has 4 heteroatoms. The van der Waals surface area contributed by atoms with Crippen molar-refractivity contribution in [2.24, 2.45) is 0 Å². The second-order valence-corrected chi connectivity index (χ2v) is 7.12. The zero-order chi connectivity index (χ0) is 11.7. The van der Waals surface area contributed by atoms with E-state index in [0.29, 0.717) is 5.41 Å². The van der Waals surface area contributed by atoms with Crippen LogP contribution < -0.4 is 5.32 Å². The number of nitrogens with zero attached hydrogens (tertiary/aromatic N) is 1. The van der Waals surface area contributed by atoms with Crippen LogP contribution in [-0.2, 0) is 5.41 Å². The van der Waals surface area contributed by atoms with Crippen LogP contribution in [0.1, 0.15) is 24.1 Å². The number of halogens is 1. The Hall–Kier alpha value is 0.1000. The predicted octanol–water partition coefficient (Wildman–Crippen LogP) is 2.84. The van der Waals surface area contributed by atoms with Gasteiger partial charge in [0, 0.05) is 52.9 Å². The first kappa shape index (κ1) is 12.2. The molecule has 1 aromatic heterocycles. The molecule has 0 bridgehead atoms. The molecule has 2 heterocycles. The van der Waals surface area contributed by atoms with E-state index in [1.54, 1.807) is 4.88 Å². The molecule has 2 aliphatic rings. The molecule has 94 valence electrons. The van der Waals surface area contributed by atoms with Crippen LogP contribution in [0.15, 0.2) is 15.9 Å². The molecule has 1 aliphatic heterocycles. The molecular weight excluding hydrogens is 296 g/mol. The van der Waals surface area contributed by atoms with Crippen LogP contribution in [0.25, 0.3) is 0 Å². The predicted molar refractivity (Wildman–Crippen MR) is 76.9 cm³/mol. The second kappa shape index (κ2) is 5.00. The highest BCUT2D eigenvalue weighted by Gasteiger charge is 2.41. The molecule has 0 radical (unpaired) electrons. The first-order valence-corrected chi connectivity index (χ1v) is 8.13. The van der Waals surface area contributed by atoms with Gasteiger partial charge in [0.1, 0.15) is 0 Å². The van der Waals surface area contributed by atoms with Gasteiger partial charge in [0.05, 0.1) is 0 Å². The molecular formula is C13H19BrN2S. The summed E-state index contributed by atoms with van der Waals surface area (Å²) in [5, 5.41) is 5.66. The molecule has 0 atom stereocenters. The van der Waals surface area contributed by atoms with Crippen LogP contribution in [0.5, 0.6) is 0 Å². The average molecular weight is 315 g/mol. The van der Waals surface area contributed by atoms with Gasteiger partial charge in [-0.1, -0.05) is 6.42 Å². The van der Waals surface area contributed by atoms with E-state index >= 15 is 0 Å². The van der Waals surface area contributed by atoms with E-state index in [-0.39, 0.29) is 0 Å². The minimum absolute atomic E-state index is 0.480. The topological polar surface area (TPSA) is 15.3 Å². The van der Waals surface area contributed by atoms with Gasteiger partial charge in [0.15, 0.2) is 0 Å². The molecule has 1 aromatic rings. The fourth-order valence-corrected chi connectivity index (χ4v) is 4.66. The molecule has 1 N–H and O–H groups in total. The monoisotopic (exact) mass is 314 g/mol. The van der Waals surface area contributed by atoms with E-state index in [1.807, 2.05) is 11.3 Å². The van der Waals surface area contributed by atoms with Gasteiger partial charge in [-0.2, -0.15) is 0 Å². The summed E-state index contributed by atoms with van der Waals surface area (Å²) in [7, 11) is 0. The van der Waals surface area contributed by atoms with E-state index in [4.69, 9.17) is 0 Å². The minimum Gasteiger partial charge on any atom is -0.314 e. The van der Waals surface area contributed by atoms with E-state index in [9.17, 15) is 0 Å². The SMILES string of the molecule is Brc1csc(C2(CN3CCNCC3)CCC2)c1. The maximum atomic E-state index is 3.59. The molecule has 0 aromatic carbocycles. The van der Waals surface area contributed by atoms with Gasteiger partial charge in [-0.15, -0.1) is 11.3 Å².